The molecule has 0 radical (unpaired) electrons. The minimum absolute atomic E-state index is 0.765. The highest BCUT2D eigenvalue weighted by Crippen LogP contribution is 2.12. The molecule has 4 heteroatoms. The predicted octanol–water partition coefficient (Wildman–Crippen LogP) is 1.99. The van der Waals surface area contributed by atoms with Gasteiger partial charge < -0.3 is 5.32 Å². The molecule has 90 valence electrons. The maximum absolute atomic E-state index is 4.15. The molecule has 0 aliphatic rings. The highest BCUT2D eigenvalue weighted by molar-refractivity contribution is 5.38. The summed E-state index contributed by atoms with van der Waals surface area (Å²) in [5.74, 6) is 0. The maximum Gasteiger partial charge on any atom is 0.0969 e. The molecule has 0 amide bonds. The molecule has 0 unspecified atom stereocenters. The first-order valence-corrected chi connectivity index (χ1v) is 5.89. The fourth-order valence-electron chi connectivity index (χ4n) is 1.84. The van der Waals surface area contributed by atoms with Crippen molar-refractivity contribution >= 4 is 0 Å². The van der Waals surface area contributed by atoms with Crippen molar-refractivity contribution in [2.45, 2.75) is 27.3 Å². The van der Waals surface area contributed by atoms with Crippen molar-refractivity contribution in [3.8, 4) is 5.69 Å². The van der Waals surface area contributed by atoms with E-state index in [0.717, 1.165) is 24.5 Å². The summed E-state index contributed by atoms with van der Waals surface area (Å²) >= 11 is 0. The van der Waals surface area contributed by atoms with Crippen LogP contribution in [0.25, 0.3) is 5.69 Å². The van der Waals surface area contributed by atoms with Crippen molar-refractivity contribution in [2.75, 3.05) is 6.54 Å². The van der Waals surface area contributed by atoms with Gasteiger partial charge in [0.05, 0.1) is 17.6 Å². The monoisotopic (exact) mass is 230 g/mol. The topological polar surface area (TPSA) is 42.7 Å². The van der Waals surface area contributed by atoms with Crippen LogP contribution in [0, 0.1) is 13.8 Å². The number of nitrogens with one attached hydrogen (secondary N) is 1. The zero-order valence-corrected chi connectivity index (χ0v) is 10.6. The van der Waals surface area contributed by atoms with Gasteiger partial charge in [0, 0.05) is 6.54 Å². The third-order valence-electron chi connectivity index (χ3n) is 2.57. The molecule has 0 saturated carbocycles. The molecule has 2 rings (SSSR count). The van der Waals surface area contributed by atoms with Crippen LogP contribution in [0.15, 0.2) is 24.4 Å². The molecular formula is C13H18N4. The Morgan fingerprint density at radius 2 is 1.88 bits per heavy atom. The Balaban J connectivity index is 2.24. The van der Waals surface area contributed by atoms with Crippen LogP contribution in [0.1, 0.15) is 23.7 Å². The average Bonchev–Trinajstić information content (AvgIpc) is 2.73. The van der Waals surface area contributed by atoms with Crippen LogP contribution in [0.3, 0.4) is 0 Å². The van der Waals surface area contributed by atoms with E-state index < -0.39 is 0 Å². The molecule has 1 heterocycles. The molecule has 1 N–H and O–H groups in total. The summed E-state index contributed by atoms with van der Waals surface area (Å²) < 4.78 is 1.83. The summed E-state index contributed by atoms with van der Waals surface area (Å²) in [6.07, 6.45) is 1.97. The first kappa shape index (κ1) is 11.8. The van der Waals surface area contributed by atoms with Crippen molar-refractivity contribution in [1.82, 2.24) is 20.3 Å². The number of aromatic nitrogens is 3. The molecular weight excluding hydrogens is 212 g/mol. The van der Waals surface area contributed by atoms with Crippen molar-refractivity contribution in [3.05, 3.63) is 41.2 Å². The first-order valence-electron chi connectivity index (χ1n) is 5.89. The number of hydrogen-bond acceptors (Lipinski definition) is 3. The Morgan fingerprint density at radius 1 is 1.18 bits per heavy atom. The number of rotatable bonds is 4. The fraction of sp³-hybridized carbons (Fsp3) is 0.385. The molecule has 0 bridgehead atoms. The van der Waals surface area contributed by atoms with Crippen LogP contribution in [-0.2, 0) is 6.54 Å². The molecule has 4 nitrogen and oxygen atoms in total. The summed E-state index contributed by atoms with van der Waals surface area (Å²) in [4.78, 5) is 0. The smallest absolute Gasteiger partial charge is 0.0969 e. The molecule has 0 spiro atoms. The molecule has 2 aromatic rings. The van der Waals surface area contributed by atoms with E-state index in [2.05, 4.69) is 54.6 Å². The Bertz CT molecular complexity index is 482. The molecule has 1 aromatic carbocycles. The summed E-state index contributed by atoms with van der Waals surface area (Å²) in [6.45, 7) is 7.96. The first-order chi connectivity index (χ1) is 8.19. The number of hydrogen-bond donors (Lipinski definition) is 1. The van der Waals surface area contributed by atoms with Gasteiger partial charge in [0.2, 0.25) is 0 Å². The van der Waals surface area contributed by atoms with E-state index in [9.17, 15) is 0 Å². The second-order valence-electron chi connectivity index (χ2n) is 4.28. The van der Waals surface area contributed by atoms with Gasteiger partial charge in [-0.1, -0.05) is 18.2 Å². The highest BCUT2D eigenvalue weighted by Gasteiger charge is 2.03. The largest absolute Gasteiger partial charge is 0.311 e. The SMILES string of the molecule is CCNCc1cn(-c2cc(C)cc(C)c2)nn1. The van der Waals surface area contributed by atoms with E-state index in [1.807, 2.05) is 10.9 Å². The third-order valence-corrected chi connectivity index (χ3v) is 2.57. The normalized spacial score (nSPS) is 10.8. The lowest BCUT2D eigenvalue weighted by Crippen LogP contribution is -2.11. The van der Waals surface area contributed by atoms with Crippen molar-refractivity contribution in [1.29, 1.82) is 0 Å². The minimum atomic E-state index is 0.765. The molecule has 0 saturated heterocycles. The maximum atomic E-state index is 4.15. The Labute approximate surface area is 102 Å². The fourth-order valence-corrected chi connectivity index (χ4v) is 1.84. The summed E-state index contributed by atoms with van der Waals surface area (Å²) in [6, 6.07) is 6.37. The van der Waals surface area contributed by atoms with Crippen LogP contribution in [0.2, 0.25) is 0 Å². The van der Waals surface area contributed by atoms with Crippen LogP contribution >= 0.6 is 0 Å². The van der Waals surface area contributed by atoms with Gasteiger partial charge in [0.15, 0.2) is 0 Å². The lowest BCUT2D eigenvalue weighted by molar-refractivity contribution is 0.705. The van der Waals surface area contributed by atoms with E-state index in [4.69, 9.17) is 0 Å². The van der Waals surface area contributed by atoms with Gasteiger partial charge in [-0.2, -0.15) is 0 Å². The Hall–Kier alpha value is -1.68. The zero-order valence-electron chi connectivity index (χ0n) is 10.6. The van der Waals surface area contributed by atoms with Crippen molar-refractivity contribution in [2.24, 2.45) is 0 Å². The molecule has 0 aliphatic heterocycles. The second-order valence-corrected chi connectivity index (χ2v) is 4.28. The Morgan fingerprint density at radius 3 is 2.53 bits per heavy atom. The van der Waals surface area contributed by atoms with E-state index >= 15 is 0 Å². The summed E-state index contributed by atoms with van der Waals surface area (Å²) in [5, 5.41) is 11.5. The van der Waals surface area contributed by atoms with E-state index in [1.165, 1.54) is 11.1 Å². The lowest BCUT2D eigenvalue weighted by Gasteiger charge is -2.03. The van der Waals surface area contributed by atoms with E-state index in [0.29, 0.717) is 0 Å². The van der Waals surface area contributed by atoms with Crippen LogP contribution in [0.5, 0.6) is 0 Å². The van der Waals surface area contributed by atoms with Gasteiger partial charge in [-0.3, -0.25) is 0 Å². The van der Waals surface area contributed by atoms with Crippen molar-refractivity contribution < 1.29 is 0 Å². The van der Waals surface area contributed by atoms with Gasteiger partial charge in [-0.15, -0.1) is 5.10 Å². The van der Waals surface area contributed by atoms with Crippen LogP contribution in [-0.4, -0.2) is 21.5 Å². The van der Waals surface area contributed by atoms with E-state index in [1.54, 1.807) is 0 Å². The van der Waals surface area contributed by atoms with Gasteiger partial charge in [0.1, 0.15) is 0 Å². The lowest BCUT2D eigenvalue weighted by atomic mass is 10.1. The average molecular weight is 230 g/mol. The molecule has 17 heavy (non-hydrogen) atoms. The summed E-state index contributed by atoms with van der Waals surface area (Å²) in [5.41, 5.74) is 4.51. The zero-order chi connectivity index (χ0) is 12.3. The summed E-state index contributed by atoms with van der Waals surface area (Å²) in [7, 11) is 0. The Kier molecular flexibility index (Phi) is 3.54. The van der Waals surface area contributed by atoms with Crippen LogP contribution < -0.4 is 5.32 Å². The second kappa shape index (κ2) is 5.10. The molecule has 1 aromatic heterocycles. The number of nitrogens with zero attached hydrogens (tertiary/aromatic N) is 3. The molecule has 0 atom stereocenters. The quantitative estimate of drug-likeness (QED) is 0.873. The van der Waals surface area contributed by atoms with Crippen LogP contribution in [0.4, 0.5) is 0 Å². The number of benzene rings is 1. The van der Waals surface area contributed by atoms with E-state index in [-0.39, 0.29) is 0 Å². The molecule has 0 fully saturated rings. The van der Waals surface area contributed by atoms with Gasteiger partial charge in [0.25, 0.3) is 0 Å². The standard InChI is InChI=1S/C13H18N4/c1-4-14-8-12-9-17(16-15-12)13-6-10(2)5-11(3)7-13/h5-7,9,14H,4,8H2,1-3H3. The van der Waals surface area contributed by atoms with Gasteiger partial charge >= 0.3 is 0 Å². The molecule has 0 aliphatic carbocycles. The van der Waals surface area contributed by atoms with Gasteiger partial charge in [-0.05, 0) is 43.7 Å². The highest BCUT2D eigenvalue weighted by atomic mass is 15.4. The minimum Gasteiger partial charge on any atom is -0.311 e. The van der Waals surface area contributed by atoms with Gasteiger partial charge in [-0.25, -0.2) is 4.68 Å². The predicted molar refractivity (Wildman–Crippen MR) is 68.2 cm³/mol. The van der Waals surface area contributed by atoms with Crippen molar-refractivity contribution in [3.63, 3.8) is 0 Å². The third kappa shape index (κ3) is 2.91. The number of aryl methyl sites for hydroxylation is 2.